The molecule has 2 atom stereocenters. The standard InChI is InChI=1S/C13H21N3O/c1-3-12-9-17-10(2)8-16(12)13-6-4-5-11(7-14)15-13/h4-6,10,12H,3,7-9,14H2,1-2H3. The highest BCUT2D eigenvalue weighted by molar-refractivity contribution is 5.41. The van der Waals surface area contributed by atoms with Gasteiger partial charge in [-0.05, 0) is 25.5 Å². The molecule has 2 rings (SSSR count). The Morgan fingerprint density at radius 1 is 1.53 bits per heavy atom. The van der Waals surface area contributed by atoms with Crippen LogP contribution in [0.4, 0.5) is 5.82 Å². The molecule has 0 saturated carbocycles. The van der Waals surface area contributed by atoms with Gasteiger partial charge in [-0.1, -0.05) is 13.0 Å². The second-order valence-electron chi connectivity index (χ2n) is 4.55. The highest BCUT2D eigenvalue weighted by Gasteiger charge is 2.26. The molecule has 0 spiro atoms. The molecule has 0 amide bonds. The van der Waals surface area contributed by atoms with Crippen LogP contribution in [0.1, 0.15) is 26.0 Å². The third-order valence-electron chi connectivity index (χ3n) is 3.23. The number of anilines is 1. The molecule has 2 N–H and O–H groups in total. The Bertz CT molecular complexity index is 369. The van der Waals surface area contributed by atoms with Gasteiger partial charge in [-0.25, -0.2) is 4.98 Å². The lowest BCUT2D eigenvalue weighted by Crippen LogP contribution is -2.49. The Morgan fingerprint density at radius 2 is 2.35 bits per heavy atom. The van der Waals surface area contributed by atoms with Crippen LogP contribution in [0.5, 0.6) is 0 Å². The van der Waals surface area contributed by atoms with Crippen LogP contribution >= 0.6 is 0 Å². The molecule has 4 nitrogen and oxygen atoms in total. The van der Waals surface area contributed by atoms with Crippen LogP contribution in [0.3, 0.4) is 0 Å². The predicted molar refractivity (Wildman–Crippen MR) is 69.0 cm³/mol. The number of hydrogen-bond donors (Lipinski definition) is 1. The molecule has 0 bridgehead atoms. The van der Waals surface area contributed by atoms with Gasteiger partial charge in [-0.3, -0.25) is 0 Å². The summed E-state index contributed by atoms with van der Waals surface area (Å²) in [6, 6.07) is 6.47. The van der Waals surface area contributed by atoms with Crippen molar-refractivity contribution in [1.29, 1.82) is 0 Å². The van der Waals surface area contributed by atoms with E-state index in [1.54, 1.807) is 0 Å². The van der Waals surface area contributed by atoms with Crippen molar-refractivity contribution < 1.29 is 4.74 Å². The second-order valence-corrected chi connectivity index (χ2v) is 4.55. The molecule has 1 fully saturated rings. The van der Waals surface area contributed by atoms with E-state index in [0.717, 1.165) is 31.1 Å². The SMILES string of the molecule is CCC1COC(C)CN1c1cccc(CN)n1. The van der Waals surface area contributed by atoms with Crippen molar-refractivity contribution in [3.63, 3.8) is 0 Å². The minimum atomic E-state index is 0.265. The number of nitrogens with two attached hydrogens (primary N) is 1. The van der Waals surface area contributed by atoms with Crippen LogP contribution in [0.15, 0.2) is 18.2 Å². The molecule has 1 aromatic heterocycles. The van der Waals surface area contributed by atoms with E-state index in [4.69, 9.17) is 10.5 Å². The zero-order valence-electron chi connectivity index (χ0n) is 10.6. The van der Waals surface area contributed by atoms with Crippen molar-refractivity contribution in [2.75, 3.05) is 18.1 Å². The highest BCUT2D eigenvalue weighted by atomic mass is 16.5. The summed E-state index contributed by atoms with van der Waals surface area (Å²) in [5.74, 6) is 1.02. The van der Waals surface area contributed by atoms with Gasteiger partial charge in [0.05, 0.1) is 24.4 Å². The molecule has 17 heavy (non-hydrogen) atoms. The van der Waals surface area contributed by atoms with Crippen LogP contribution in [0.25, 0.3) is 0 Å². The molecule has 1 aliphatic heterocycles. The van der Waals surface area contributed by atoms with E-state index in [1.165, 1.54) is 0 Å². The van der Waals surface area contributed by atoms with Gasteiger partial charge in [0.25, 0.3) is 0 Å². The Labute approximate surface area is 103 Å². The molecule has 0 aromatic carbocycles. The number of ether oxygens (including phenoxy) is 1. The van der Waals surface area contributed by atoms with Crippen LogP contribution in [-0.4, -0.2) is 30.3 Å². The van der Waals surface area contributed by atoms with E-state index in [0.29, 0.717) is 12.6 Å². The zero-order chi connectivity index (χ0) is 12.3. The fourth-order valence-corrected chi connectivity index (χ4v) is 2.20. The van der Waals surface area contributed by atoms with Gasteiger partial charge in [-0.15, -0.1) is 0 Å². The Hall–Kier alpha value is -1.13. The minimum absolute atomic E-state index is 0.265. The van der Waals surface area contributed by atoms with Gasteiger partial charge in [0.2, 0.25) is 0 Å². The number of hydrogen-bond acceptors (Lipinski definition) is 4. The monoisotopic (exact) mass is 235 g/mol. The molecule has 1 aromatic rings. The van der Waals surface area contributed by atoms with Crippen LogP contribution < -0.4 is 10.6 Å². The van der Waals surface area contributed by atoms with Gasteiger partial charge in [-0.2, -0.15) is 0 Å². The molecule has 1 saturated heterocycles. The number of nitrogens with zero attached hydrogens (tertiary/aromatic N) is 2. The van der Waals surface area contributed by atoms with Crippen molar-refractivity contribution in [3.8, 4) is 0 Å². The van der Waals surface area contributed by atoms with Crippen molar-refractivity contribution in [2.24, 2.45) is 5.73 Å². The van der Waals surface area contributed by atoms with Crippen molar-refractivity contribution in [3.05, 3.63) is 23.9 Å². The summed E-state index contributed by atoms with van der Waals surface area (Å²) in [6.07, 6.45) is 1.34. The van der Waals surface area contributed by atoms with Gasteiger partial charge < -0.3 is 15.4 Å². The van der Waals surface area contributed by atoms with Crippen LogP contribution in [0, 0.1) is 0 Å². The number of aromatic nitrogens is 1. The maximum atomic E-state index is 5.70. The average molecular weight is 235 g/mol. The Morgan fingerprint density at radius 3 is 3.06 bits per heavy atom. The van der Waals surface area contributed by atoms with Crippen LogP contribution in [0.2, 0.25) is 0 Å². The van der Waals surface area contributed by atoms with Crippen molar-refractivity contribution in [1.82, 2.24) is 4.98 Å². The third kappa shape index (κ3) is 2.76. The molecule has 2 heterocycles. The lowest BCUT2D eigenvalue weighted by atomic mass is 10.1. The fourth-order valence-electron chi connectivity index (χ4n) is 2.20. The summed E-state index contributed by atoms with van der Waals surface area (Å²) >= 11 is 0. The maximum Gasteiger partial charge on any atom is 0.129 e. The summed E-state index contributed by atoms with van der Waals surface area (Å²) in [6.45, 7) is 6.46. The molecule has 94 valence electrons. The average Bonchev–Trinajstić information content (AvgIpc) is 2.39. The first kappa shape index (κ1) is 12.3. The Balaban J connectivity index is 2.22. The number of morpholine rings is 1. The largest absolute Gasteiger partial charge is 0.375 e. The number of rotatable bonds is 3. The van der Waals surface area contributed by atoms with E-state index >= 15 is 0 Å². The summed E-state index contributed by atoms with van der Waals surface area (Å²) in [5, 5.41) is 0. The van der Waals surface area contributed by atoms with E-state index in [9.17, 15) is 0 Å². The van der Waals surface area contributed by atoms with E-state index < -0.39 is 0 Å². The first-order valence-electron chi connectivity index (χ1n) is 6.28. The van der Waals surface area contributed by atoms with E-state index in [-0.39, 0.29) is 6.10 Å². The summed E-state index contributed by atoms with van der Waals surface area (Å²) in [5.41, 5.74) is 6.58. The smallest absolute Gasteiger partial charge is 0.129 e. The van der Waals surface area contributed by atoms with Crippen LogP contribution in [-0.2, 0) is 11.3 Å². The predicted octanol–water partition coefficient (Wildman–Crippen LogP) is 1.54. The quantitative estimate of drug-likeness (QED) is 0.863. The van der Waals surface area contributed by atoms with E-state index in [2.05, 4.69) is 29.8 Å². The molecular weight excluding hydrogens is 214 g/mol. The first-order valence-corrected chi connectivity index (χ1v) is 6.28. The lowest BCUT2D eigenvalue weighted by molar-refractivity contribution is 0.0296. The molecule has 1 aliphatic rings. The first-order chi connectivity index (χ1) is 8.24. The second kappa shape index (κ2) is 5.47. The highest BCUT2D eigenvalue weighted by Crippen LogP contribution is 2.21. The molecule has 2 unspecified atom stereocenters. The topological polar surface area (TPSA) is 51.4 Å². The van der Waals surface area contributed by atoms with Crippen molar-refractivity contribution >= 4 is 5.82 Å². The zero-order valence-corrected chi connectivity index (χ0v) is 10.6. The van der Waals surface area contributed by atoms with Gasteiger partial charge >= 0.3 is 0 Å². The van der Waals surface area contributed by atoms with Gasteiger partial charge in [0.15, 0.2) is 0 Å². The fraction of sp³-hybridized carbons (Fsp3) is 0.615. The molecule has 0 radical (unpaired) electrons. The lowest BCUT2D eigenvalue weighted by Gasteiger charge is -2.39. The normalized spacial score (nSPS) is 25.0. The van der Waals surface area contributed by atoms with Gasteiger partial charge in [0, 0.05) is 13.1 Å². The number of pyridine rings is 1. The molecular formula is C13H21N3O. The maximum absolute atomic E-state index is 5.70. The molecule has 0 aliphatic carbocycles. The Kier molecular flexibility index (Phi) is 3.97. The third-order valence-corrected chi connectivity index (χ3v) is 3.23. The van der Waals surface area contributed by atoms with E-state index in [1.807, 2.05) is 12.1 Å². The summed E-state index contributed by atoms with van der Waals surface area (Å²) in [7, 11) is 0. The van der Waals surface area contributed by atoms with Crippen molar-refractivity contribution in [2.45, 2.75) is 39.0 Å². The summed E-state index contributed by atoms with van der Waals surface area (Å²) < 4.78 is 5.70. The molecule has 4 heteroatoms. The summed E-state index contributed by atoms with van der Waals surface area (Å²) in [4.78, 5) is 6.93. The van der Waals surface area contributed by atoms with Gasteiger partial charge in [0.1, 0.15) is 5.82 Å². The minimum Gasteiger partial charge on any atom is -0.375 e.